The van der Waals surface area contributed by atoms with Gasteiger partial charge in [0.1, 0.15) is 21.0 Å². The summed E-state index contributed by atoms with van der Waals surface area (Å²) >= 11 is 4.60. The molecule has 0 aliphatic carbocycles. The Hall–Kier alpha value is -1.56. The van der Waals surface area contributed by atoms with Crippen molar-refractivity contribution in [3.63, 3.8) is 0 Å². The van der Waals surface area contributed by atoms with Crippen LogP contribution in [0.25, 0.3) is 11.0 Å². The van der Waals surface area contributed by atoms with E-state index in [0.29, 0.717) is 33.4 Å². The van der Waals surface area contributed by atoms with E-state index in [9.17, 15) is 8.42 Å². The number of nitrogens with one attached hydrogen (secondary N) is 1. The van der Waals surface area contributed by atoms with Crippen LogP contribution in [0.4, 0.5) is 5.82 Å². The van der Waals surface area contributed by atoms with Crippen molar-refractivity contribution < 1.29 is 8.42 Å². The van der Waals surface area contributed by atoms with E-state index in [0.717, 1.165) is 5.39 Å². The van der Waals surface area contributed by atoms with Crippen molar-refractivity contribution in [3.05, 3.63) is 28.4 Å². The third kappa shape index (κ3) is 3.16. The van der Waals surface area contributed by atoms with Gasteiger partial charge in [-0.15, -0.1) is 11.3 Å². The maximum atomic E-state index is 12.4. The number of hydrogen-bond donors (Lipinski definition) is 1. The van der Waals surface area contributed by atoms with Crippen molar-refractivity contribution in [2.24, 2.45) is 7.05 Å². The zero-order chi connectivity index (χ0) is 17.3. The zero-order valence-electron chi connectivity index (χ0n) is 13.0. The van der Waals surface area contributed by atoms with Crippen molar-refractivity contribution in [2.45, 2.75) is 4.21 Å². The molecule has 3 aromatic heterocycles. The smallest absolute Gasteiger partial charge is 0.252 e. The van der Waals surface area contributed by atoms with E-state index in [2.05, 4.69) is 36.3 Å². The maximum absolute atomic E-state index is 12.4. The Morgan fingerprint density at radius 1 is 1.42 bits per heavy atom. The maximum Gasteiger partial charge on any atom is 0.252 e. The molecule has 24 heavy (non-hydrogen) atoms. The fraction of sp³-hybridized carbons (Fsp3) is 0.308. The van der Waals surface area contributed by atoms with Crippen LogP contribution >= 0.6 is 27.3 Å². The molecule has 0 aliphatic rings. The molecule has 0 spiro atoms. The van der Waals surface area contributed by atoms with Gasteiger partial charge >= 0.3 is 0 Å². The molecular weight excluding hydrogens is 416 g/mol. The summed E-state index contributed by atoms with van der Waals surface area (Å²) in [5.74, 6) is 0.613. The zero-order valence-corrected chi connectivity index (χ0v) is 16.2. The van der Waals surface area contributed by atoms with E-state index in [1.807, 2.05) is 0 Å². The van der Waals surface area contributed by atoms with Gasteiger partial charge in [0.05, 0.1) is 5.39 Å². The Kier molecular flexibility index (Phi) is 4.85. The number of hydrogen-bond acceptors (Lipinski definition) is 7. The minimum atomic E-state index is -3.44. The molecule has 0 unspecified atom stereocenters. The van der Waals surface area contributed by atoms with Gasteiger partial charge in [-0.05, 0) is 27.4 Å². The SMILES string of the molecule is CN(CCNc1ncnc2c1c(Br)nn2C)S(=O)(=O)c1cccs1. The average Bonchev–Trinajstić information content (AvgIpc) is 3.17. The number of aryl methyl sites for hydroxylation is 1. The molecule has 0 saturated carbocycles. The van der Waals surface area contributed by atoms with Crippen molar-refractivity contribution in [3.8, 4) is 0 Å². The van der Waals surface area contributed by atoms with Crippen molar-refractivity contribution >= 4 is 54.1 Å². The molecule has 0 bridgehead atoms. The fourth-order valence-corrected chi connectivity index (χ4v) is 5.17. The number of aromatic nitrogens is 4. The average molecular weight is 431 g/mol. The summed E-state index contributed by atoms with van der Waals surface area (Å²) in [6.45, 7) is 0.720. The molecule has 0 aliphatic heterocycles. The first-order valence-electron chi connectivity index (χ1n) is 6.98. The highest BCUT2D eigenvalue weighted by Gasteiger charge is 2.21. The second kappa shape index (κ2) is 6.75. The second-order valence-electron chi connectivity index (χ2n) is 5.02. The largest absolute Gasteiger partial charge is 0.368 e. The molecule has 11 heteroatoms. The first-order valence-corrected chi connectivity index (χ1v) is 10.1. The monoisotopic (exact) mass is 430 g/mol. The first kappa shape index (κ1) is 17.3. The van der Waals surface area contributed by atoms with E-state index in [1.165, 1.54) is 22.0 Å². The van der Waals surface area contributed by atoms with Crippen LogP contribution in [0, 0.1) is 0 Å². The lowest BCUT2D eigenvalue weighted by atomic mass is 10.4. The number of fused-ring (bicyclic) bond motifs is 1. The predicted octanol–water partition coefficient (Wildman–Crippen LogP) is 1.92. The molecule has 3 heterocycles. The van der Waals surface area contributed by atoms with Crippen LogP contribution in [-0.4, -0.2) is 52.6 Å². The van der Waals surface area contributed by atoms with Gasteiger partial charge in [-0.2, -0.15) is 9.40 Å². The molecule has 128 valence electrons. The van der Waals surface area contributed by atoms with Crippen LogP contribution in [-0.2, 0) is 17.1 Å². The highest BCUT2D eigenvalue weighted by atomic mass is 79.9. The minimum absolute atomic E-state index is 0.309. The van der Waals surface area contributed by atoms with Crippen molar-refractivity contribution in [1.29, 1.82) is 0 Å². The van der Waals surface area contributed by atoms with Gasteiger partial charge in [0, 0.05) is 27.2 Å². The van der Waals surface area contributed by atoms with Gasteiger partial charge in [-0.3, -0.25) is 0 Å². The molecule has 3 aromatic rings. The quantitative estimate of drug-likeness (QED) is 0.641. The number of sulfonamides is 1. The molecule has 0 amide bonds. The molecule has 0 aromatic carbocycles. The van der Waals surface area contributed by atoms with Gasteiger partial charge in [0.25, 0.3) is 10.0 Å². The highest BCUT2D eigenvalue weighted by Crippen LogP contribution is 2.26. The summed E-state index contributed by atoms with van der Waals surface area (Å²) in [7, 11) is -0.0846. The lowest BCUT2D eigenvalue weighted by molar-refractivity contribution is 0.482. The van der Waals surface area contributed by atoms with Crippen LogP contribution in [0.15, 0.2) is 32.7 Å². The number of thiophene rings is 1. The van der Waals surface area contributed by atoms with E-state index >= 15 is 0 Å². The van der Waals surface area contributed by atoms with Gasteiger partial charge in [-0.1, -0.05) is 6.07 Å². The van der Waals surface area contributed by atoms with Crippen LogP contribution in [0.3, 0.4) is 0 Å². The first-order chi connectivity index (χ1) is 11.4. The van der Waals surface area contributed by atoms with Gasteiger partial charge in [0.15, 0.2) is 5.65 Å². The molecule has 1 N–H and O–H groups in total. The number of likely N-dealkylation sites (N-methyl/N-ethyl adjacent to an activating group) is 1. The van der Waals surface area contributed by atoms with Crippen molar-refractivity contribution in [2.75, 3.05) is 25.5 Å². The molecule has 8 nitrogen and oxygen atoms in total. The normalized spacial score (nSPS) is 12.2. The van der Waals surface area contributed by atoms with Crippen LogP contribution in [0.1, 0.15) is 0 Å². The molecular formula is C13H15BrN6O2S2. The van der Waals surface area contributed by atoms with Gasteiger partial charge in [0.2, 0.25) is 0 Å². The van der Waals surface area contributed by atoms with E-state index < -0.39 is 10.0 Å². The Bertz CT molecular complexity index is 954. The Morgan fingerprint density at radius 3 is 2.92 bits per heavy atom. The minimum Gasteiger partial charge on any atom is -0.368 e. The Balaban J connectivity index is 1.71. The van der Waals surface area contributed by atoms with E-state index in [-0.39, 0.29) is 0 Å². The number of anilines is 1. The number of nitrogens with zero attached hydrogens (tertiary/aromatic N) is 5. The third-order valence-electron chi connectivity index (χ3n) is 3.46. The topological polar surface area (TPSA) is 93.0 Å². The van der Waals surface area contributed by atoms with Gasteiger partial charge in [-0.25, -0.2) is 23.1 Å². The Morgan fingerprint density at radius 2 is 2.21 bits per heavy atom. The van der Waals surface area contributed by atoms with Crippen LogP contribution in [0.5, 0.6) is 0 Å². The molecule has 0 saturated heterocycles. The van der Waals surface area contributed by atoms with Crippen LogP contribution < -0.4 is 5.32 Å². The number of halogens is 1. The summed E-state index contributed by atoms with van der Waals surface area (Å²) in [5.41, 5.74) is 0.693. The highest BCUT2D eigenvalue weighted by molar-refractivity contribution is 9.10. The Labute approximate surface area is 151 Å². The molecule has 0 radical (unpaired) electrons. The molecule has 3 rings (SSSR count). The fourth-order valence-electron chi connectivity index (χ4n) is 2.19. The van der Waals surface area contributed by atoms with Gasteiger partial charge < -0.3 is 5.32 Å². The summed E-state index contributed by atoms with van der Waals surface area (Å²) < 4.78 is 28.7. The predicted molar refractivity (Wildman–Crippen MR) is 96.6 cm³/mol. The summed E-state index contributed by atoms with van der Waals surface area (Å²) in [6.07, 6.45) is 1.45. The summed E-state index contributed by atoms with van der Waals surface area (Å²) in [4.78, 5) is 8.41. The molecule has 0 atom stereocenters. The number of rotatable bonds is 6. The lowest BCUT2D eigenvalue weighted by Crippen LogP contribution is -2.31. The van der Waals surface area contributed by atoms with E-state index in [1.54, 1.807) is 36.3 Å². The summed E-state index contributed by atoms with van der Waals surface area (Å²) in [6, 6.07) is 3.33. The molecule has 0 fully saturated rings. The standard InChI is InChI=1S/C13H15BrN6O2S2/c1-19(24(21,22)9-4-3-7-23-9)6-5-15-12-10-11(14)18-20(2)13(10)17-8-16-12/h3-4,7-8H,5-6H2,1-2H3,(H,15,16,17). The van der Waals surface area contributed by atoms with Crippen LogP contribution in [0.2, 0.25) is 0 Å². The third-order valence-corrected chi connectivity index (χ3v) is 7.24. The summed E-state index contributed by atoms with van der Waals surface area (Å²) in [5, 5.41) is 9.92. The second-order valence-corrected chi connectivity index (χ2v) is 8.99. The van der Waals surface area contributed by atoms with Crippen molar-refractivity contribution in [1.82, 2.24) is 24.1 Å². The lowest BCUT2D eigenvalue weighted by Gasteiger charge is -2.16. The van der Waals surface area contributed by atoms with E-state index in [4.69, 9.17) is 0 Å².